The number of aromatic hydroxyl groups is 1. The summed E-state index contributed by atoms with van der Waals surface area (Å²) in [4.78, 5) is 4.90. The number of hydrogen-bond donors (Lipinski definition) is 3. The van der Waals surface area contributed by atoms with E-state index in [0.29, 0.717) is 54.1 Å². The summed E-state index contributed by atoms with van der Waals surface area (Å²) in [6.45, 7) is 7.23. The summed E-state index contributed by atoms with van der Waals surface area (Å²) in [6, 6.07) is 9.19. The molecular weight excluding hydrogens is 600 g/mol. The van der Waals surface area contributed by atoms with Crippen LogP contribution in [0, 0.1) is 5.82 Å². The Morgan fingerprint density at radius 2 is 2.05 bits per heavy atom. The van der Waals surface area contributed by atoms with Gasteiger partial charge < -0.3 is 31.2 Å². The van der Waals surface area contributed by atoms with Crippen LogP contribution in [0.4, 0.5) is 4.39 Å². The van der Waals surface area contributed by atoms with Crippen LogP contribution in [0.15, 0.2) is 43.1 Å². The summed E-state index contributed by atoms with van der Waals surface area (Å²) < 4.78 is 27.7. The van der Waals surface area contributed by atoms with Crippen LogP contribution in [0.2, 0.25) is 5.02 Å². The van der Waals surface area contributed by atoms with E-state index >= 15 is 0 Å². The van der Waals surface area contributed by atoms with Crippen LogP contribution in [-0.4, -0.2) is 51.8 Å². The molecule has 2 aromatic carbocycles. The molecule has 1 saturated carbocycles. The molecule has 222 valence electrons. The molecule has 4 aromatic rings. The van der Waals surface area contributed by atoms with Crippen molar-refractivity contribution < 1.29 is 75.5 Å². The number of aromatic nitrogens is 3. The zero-order valence-corrected chi connectivity index (χ0v) is 28.4. The monoisotopic (exact) mass is 633 g/mol. The Morgan fingerprint density at radius 1 is 1.28 bits per heavy atom. The van der Waals surface area contributed by atoms with Crippen LogP contribution in [0.1, 0.15) is 60.9 Å². The average molecular weight is 634 g/mol. The van der Waals surface area contributed by atoms with Crippen LogP contribution < -0.4 is 66.2 Å². The van der Waals surface area contributed by atoms with Gasteiger partial charge in [0.1, 0.15) is 22.7 Å². The number of phenols is 1. The first-order valence-electron chi connectivity index (χ1n) is 13.7. The average Bonchev–Trinajstić information content (AvgIpc) is 3.63. The SMILES string of the molecule is C=C(NCC(CCO)c1cc2c(c(-c3cc(O)c(F)c(Cl)c3)n1)OCC2C)c1cc(OC)c2nn(C3CC3)cc2c1.[K+].[NH2-]. The Balaban J connectivity index is 0.00000212. The van der Waals surface area contributed by atoms with Gasteiger partial charge >= 0.3 is 51.4 Å². The van der Waals surface area contributed by atoms with E-state index in [-0.39, 0.29) is 81.0 Å². The summed E-state index contributed by atoms with van der Waals surface area (Å²) >= 11 is 6.05. The third-order valence-corrected chi connectivity index (χ3v) is 8.13. The van der Waals surface area contributed by atoms with E-state index in [2.05, 4.69) is 31.1 Å². The maximum Gasteiger partial charge on any atom is 1.00 e. The first kappa shape index (κ1) is 33.7. The van der Waals surface area contributed by atoms with Gasteiger partial charge in [0.15, 0.2) is 11.6 Å². The molecule has 3 heterocycles. The number of pyridine rings is 1. The van der Waals surface area contributed by atoms with E-state index in [4.69, 9.17) is 31.2 Å². The largest absolute Gasteiger partial charge is 1.00 e. The van der Waals surface area contributed by atoms with E-state index in [1.54, 1.807) is 7.11 Å². The molecule has 2 atom stereocenters. The number of hydrogen-bond acceptors (Lipinski definition) is 7. The summed E-state index contributed by atoms with van der Waals surface area (Å²) in [5, 5.41) is 29.0. The number of benzene rings is 2. The van der Waals surface area contributed by atoms with Gasteiger partial charge in [-0.2, -0.15) is 5.10 Å². The number of phenolic OH excluding ortho intramolecular Hbond substituents is 1. The third kappa shape index (κ3) is 6.74. The molecule has 0 radical (unpaired) electrons. The van der Waals surface area contributed by atoms with Crippen LogP contribution in [0.25, 0.3) is 34.0 Å². The predicted octanol–water partition coefficient (Wildman–Crippen LogP) is 3.88. The fourth-order valence-corrected chi connectivity index (χ4v) is 5.56. The van der Waals surface area contributed by atoms with E-state index in [9.17, 15) is 14.6 Å². The van der Waals surface area contributed by atoms with Crippen molar-refractivity contribution in [3.63, 3.8) is 0 Å². The van der Waals surface area contributed by atoms with Crippen molar-refractivity contribution in [2.45, 2.75) is 44.1 Å². The Morgan fingerprint density at radius 3 is 2.72 bits per heavy atom. The molecule has 1 aliphatic heterocycles. The van der Waals surface area contributed by atoms with Gasteiger partial charge in [0.25, 0.3) is 0 Å². The summed E-state index contributed by atoms with van der Waals surface area (Å²) in [5.41, 5.74) is 5.05. The maximum absolute atomic E-state index is 14.1. The van der Waals surface area contributed by atoms with Gasteiger partial charge in [-0.3, -0.25) is 4.68 Å². The summed E-state index contributed by atoms with van der Waals surface area (Å²) in [5.74, 6) is -0.222. The molecule has 12 heteroatoms. The molecule has 0 spiro atoms. The molecule has 1 fully saturated rings. The molecule has 2 aliphatic rings. The fourth-order valence-electron chi connectivity index (χ4n) is 5.34. The molecule has 5 N–H and O–H groups in total. The van der Waals surface area contributed by atoms with Crippen molar-refractivity contribution in [2.24, 2.45) is 0 Å². The number of halogens is 2. The minimum atomic E-state index is -0.881. The number of aliphatic hydroxyl groups excluding tert-OH is 1. The normalized spacial score (nSPS) is 16.1. The van der Waals surface area contributed by atoms with E-state index in [1.165, 1.54) is 12.1 Å². The first-order valence-corrected chi connectivity index (χ1v) is 14.1. The number of nitrogens with zero attached hydrogens (tertiary/aromatic N) is 3. The van der Waals surface area contributed by atoms with Gasteiger partial charge in [0.2, 0.25) is 0 Å². The van der Waals surface area contributed by atoms with E-state index in [1.807, 2.05) is 16.8 Å². The van der Waals surface area contributed by atoms with Crippen LogP contribution in [0.5, 0.6) is 17.2 Å². The predicted molar refractivity (Wildman–Crippen MR) is 162 cm³/mol. The number of ether oxygens (including phenoxy) is 2. The molecule has 0 saturated heterocycles. The molecule has 6 rings (SSSR count). The van der Waals surface area contributed by atoms with Gasteiger partial charge in [-0.05, 0) is 49.6 Å². The zero-order valence-electron chi connectivity index (χ0n) is 24.5. The minimum absolute atomic E-state index is 0. The molecule has 43 heavy (non-hydrogen) atoms. The Kier molecular flexibility index (Phi) is 10.8. The smallest absolute Gasteiger partial charge is 0.693 e. The van der Waals surface area contributed by atoms with Crippen LogP contribution in [-0.2, 0) is 0 Å². The first-order chi connectivity index (χ1) is 19.8. The zero-order chi connectivity index (χ0) is 28.8. The number of nitrogens with one attached hydrogen (secondary N) is 1. The topological polar surface area (TPSA) is 135 Å². The fraction of sp³-hybridized carbons (Fsp3) is 0.355. The van der Waals surface area contributed by atoms with Gasteiger partial charge in [-0.1, -0.05) is 25.1 Å². The Bertz CT molecular complexity index is 1640. The van der Waals surface area contributed by atoms with Gasteiger partial charge in [0, 0.05) is 64.7 Å². The van der Waals surface area contributed by atoms with Crippen molar-refractivity contribution in [2.75, 3.05) is 26.9 Å². The molecular formula is C31H34ClFKN5O4. The Labute approximate surface area is 297 Å². The third-order valence-electron chi connectivity index (χ3n) is 7.85. The van der Waals surface area contributed by atoms with Crippen molar-refractivity contribution in [3.05, 3.63) is 76.9 Å². The Hall–Kier alpha value is -2.22. The molecule has 9 nitrogen and oxygen atoms in total. The van der Waals surface area contributed by atoms with Gasteiger partial charge in [0.05, 0.1) is 24.8 Å². The standard InChI is InChI=1S/C31H32ClFN4O4.K.H2N/c1-16-15-41-31-23(16)12-25(35-30(31)20-9-24(32)28(33)26(39)10-20)18(6-7-38)13-34-17(2)19-8-21-14-37(22-4-5-22)36-29(21)27(11-19)40-3;;/h8-12,14,16,18,22,34,38-39H,2,4-7,13,15H2,1,3H3;;1H2/q;+1;-1. The second-order valence-electron chi connectivity index (χ2n) is 10.8. The number of nitrogens with two attached hydrogens (primary N) is 1. The van der Waals surface area contributed by atoms with Crippen molar-refractivity contribution in [1.29, 1.82) is 0 Å². The van der Waals surface area contributed by atoms with Crippen LogP contribution >= 0.6 is 11.6 Å². The van der Waals surface area contributed by atoms with E-state index in [0.717, 1.165) is 40.6 Å². The molecule has 1 aliphatic carbocycles. The van der Waals surface area contributed by atoms with Crippen molar-refractivity contribution in [3.8, 4) is 28.5 Å². The summed E-state index contributed by atoms with van der Waals surface area (Å²) in [6.07, 6.45) is 4.79. The molecule has 2 aromatic heterocycles. The molecule has 2 unspecified atom stereocenters. The quantitative estimate of drug-likeness (QED) is 0.226. The van der Waals surface area contributed by atoms with Crippen molar-refractivity contribution >= 4 is 28.2 Å². The second kappa shape index (κ2) is 13.8. The number of methoxy groups -OCH3 is 1. The number of fused-ring (bicyclic) bond motifs is 2. The van der Waals surface area contributed by atoms with Crippen molar-refractivity contribution in [1.82, 2.24) is 20.1 Å². The molecule has 0 bridgehead atoms. The maximum atomic E-state index is 14.1. The summed E-state index contributed by atoms with van der Waals surface area (Å²) in [7, 11) is 1.64. The number of rotatable bonds is 10. The molecule has 0 amide bonds. The minimum Gasteiger partial charge on any atom is -0.693 e. The second-order valence-corrected chi connectivity index (χ2v) is 11.2. The van der Waals surface area contributed by atoms with Gasteiger partial charge in [-0.15, -0.1) is 0 Å². The number of aliphatic hydroxyl groups is 1. The van der Waals surface area contributed by atoms with Gasteiger partial charge in [-0.25, -0.2) is 9.37 Å². The van der Waals surface area contributed by atoms with E-state index < -0.39 is 11.6 Å². The van der Waals surface area contributed by atoms with Crippen LogP contribution in [0.3, 0.4) is 0 Å².